The molecule has 100 valence electrons. The number of amides is 1. The maximum Gasteiger partial charge on any atom is 0.236 e. The zero-order valence-corrected chi connectivity index (χ0v) is 12.0. The lowest BCUT2D eigenvalue weighted by atomic mass is 10.00. The quantitative estimate of drug-likeness (QED) is 0.840. The first kappa shape index (κ1) is 14.7. The minimum atomic E-state index is -0.180. The van der Waals surface area contributed by atoms with E-state index in [1.54, 1.807) is 0 Å². The van der Waals surface area contributed by atoms with E-state index in [-0.39, 0.29) is 18.0 Å². The molecule has 1 amide bonds. The summed E-state index contributed by atoms with van der Waals surface area (Å²) < 4.78 is 0. The third kappa shape index (κ3) is 3.84. The van der Waals surface area contributed by atoms with Crippen LogP contribution in [0, 0.1) is 13.8 Å². The largest absolute Gasteiger partial charge is 0.355 e. The van der Waals surface area contributed by atoms with E-state index in [2.05, 4.69) is 49.6 Å². The van der Waals surface area contributed by atoms with Crippen LogP contribution in [0.3, 0.4) is 0 Å². The molecule has 0 heterocycles. The van der Waals surface area contributed by atoms with Crippen molar-refractivity contribution in [3.63, 3.8) is 0 Å². The Bertz CT molecular complexity index is 415. The highest BCUT2D eigenvalue weighted by Crippen LogP contribution is 2.18. The van der Waals surface area contributed by atoms with E-state index in [0.29, 0.717) is 6.54 Å². The molecule has 0 saturated heterocycles. The molecule has 0 radical (unpaired) electrons. The van der Waals surface area contributed by atoms with Crippen molar-refractivity contribution in [3.8, 4) is 0 Å². The van der Waals surface area contributed by atoms with Crippen LogP contribution < -0.4 is 10.6 Å². The first-order valence-corrected chi connectivity index (χ1v) is 6.56. The Morgan fingerprint density at radius 1 is 1.28 bits per heavy atom. The Hall–Kier alpha value is -1.35. The van der Waals surface area contributed by atoms with Gasteiger partial charge in [-0.2, -0.15) is 0 Å². The van der Waals surface area contributed by atoms with Crippen LogP contribution in [0.1, 0.15) is 43.5 Å². The van der Waals surface area contributed by atoms with Crippen molar-refractivity contribution in [1.82, 2.24) is 10.6 Å². The molecule has 1 rings (SSSR count). The lowest BCUT2D eigenvalue weighted by molar-refractivity contribution is -0.122. The van der Waals surface area contributed by atoms with Crippen molar-refractivity contribution in [1.29, 1.82) is 0 Å². The summed E-state index contributed by atoms with van der Waals surface area (Å²) in [6, 6.07) is 6.40. The zero-order valence-electron chi connectivity index (χ0n) is 12.0. The fourth-order valence-electron chi connectivity index (χ4n) is 2.18. The Labute approximate surface area is 110 Å². The minimum Gasteiger partial charge on any atom is -0.355 e. The monoisotopic (exact) mass is 248 g/mol. The number of hydrogen-bond donors (Lipinski definition) is 2. The van der Waals surface area contributed by atoms with Gasteiger partial charge in [0.1, 0.15) is 0 Å². The number of hydrogen-bond acceptors (Lipinski definition) is 2. The smallest absolute Gasteiger partial charge is 0.236 e. The van der Waals surface area contributed by atoms with Gasteiger partial charge >= 0.3 is 0 Å². The Kier molecular flexibility index (Phi) is 5.35. The van der Waals surface area contributed by atoms with Gasteiger partial charge < -0.3 is 5.32 Å². The number of rotatable bonds is 5. The maximum absolute atomic E-state index is 11.7. The molecular formula is C15H24N2O. The van der Waals surface area contributed by atoms with Crippen LogP contribution in [0.25, 0.3) is 0 Å². The maximum atomic E-state index is 11.7. The molecular weight excluding hydrogens is 224 g/mol. The van der Waals surface area contributed by atoms with Crippen LogP contribution in [0.5, 0.6) is 0 Å². The van der Waals surface area contributed by atoms with E-state index in [9.17, 15) is 4.79 Å². The van der Waals surface area contributed by atoms with Gasteiger partial charge in [-0.25, -0.2) is 0 Å². The summed E-state index contributed by atoms with van der Waals surface area (Å²) in [6.07, 6.45) is 0. The van der Waals surface area contributed by atoms with Gasteiger partial charge in [-0.3, -0.25) is 10.1 Å². The van der Waals surface area contributed by atoms with Crippen molar-refractivity contribution in [2.45, 2.75) is 46.7 Å². The van der Waals surface area contributed by atoms with E-state index in [1.165, 1.54) is 16.7 Å². The highest BCUT2D eigenvalue weighted by atomic mass is 16.2. The van der Waals surface area contributed by atoms with E-state index >= 15 is 0 Å². The second-order valence-corrected chi connectivity index (χ2v) is 4.86. The summed E-state index contributed by atoms with van der Waals surface area (Å²) in [5, 5.41) is 6.15. The summed E-state index contributed by atoms with van der Waals surface area (Å²) in [5.41, 5.74) is 3.77. The van der Waals surface area contributed by atoms with Gasteiger partial charge in [-0.05, 0) is 45.7 Å². The molecule has 0 aliphatic rings. The normalized spacial score (nSPS) is 14.1. The first-order valence-electron chi connectivity index (χ1n) is 6.56. The summed E-state index contributed by atoms with van der Waals surface area (Å²) in [6.45, 7) is 10.8. The van der Waals surface area contributed by atoms with E-state index < -0.39 is 0 Å². The fraction of sp³-hybridized carbons (Fsp3) is 0.533. The van der Waals surface area contributed by atoms with Crippen molar-refractivity contribution in [2.24, 2.45) is 0 Å². The second-order valence-electron chi connectivity index (χ2n) is 4.86. The number of carbonyl (C=O) groups is 1. The lowest BCUT2D eigenvalue weighted by Crippen LogP contribution is -2.43. The van der Waals surface area contributed by atoms with Gasteiger partial charge in [0.05, 0.1) is 6.04 Å². The number of nitrogens with one attached hydrogen (secondary N) is 2. The molecule has 2 unspecified atom stereocenters. The van der Waals surface area contributed by atoms with Crippen molar-refractivity contribution in [2.75, 3.05) is 6.54 Å². The zero-order chi connectivity index (χ0) is 13.7. The van der Waals surface area contributed by atoms with Crippen LogP contribution in [0.2, 0.25) is 0 Å². The Morgan fingerprint density at radius 2 is 1.94 bits per heavy atom. The lowest BCUT2D eigenvalue weighted by Gasteiger charge is -2.21. The van der Waals surface area contributed by atoms with Gasteiger partial charge in [0.15, 0.2) is 0 Å². The summed E-state index contributed by atoms with van der Waals surface area (Å²) in [4.78, 5) is 11.7. The summed E-state index contributed by atoms with van der Waals surface area (Å²) >= 11 is 0. The predicted molar refractivity (Wildman–Crippen MR) is 75.6 cm³/mol. The van der Waals surface area contributed by atoms with Gasteiger partial charge in [-0.15, -0.1) is 0 Å². The van der Waals surface area contributed by atoms with Crippen LogP contribution in [-0.2, 0) is 4.79 Å². The molecule has 0 aromatic heterocycles. The molecule has 3 nitrogen and oxygen atoms in total. The molecule has 0 spiro atoms. The van der Waals surface area contributed by atoms with Crippen LogP contribution in [0.15, 0.2) is 18.2 Å². The van der Waals surface area contributed by atoms with E-state index in [0.717, 1.165) is 0 Å². The van der Waals surface area contributed by atoms with Gasteiger partial charge in [0.2, 0.25) is 5.91 Å². The highest BCUT2D eigenvalue weighted by molar-refractivity contribution is 5.81. The standard InChI is InChI=1S/C15H24N2O/c1-6-16-15(18)13(5)17-12(4)14-8-7-10(2)9-11(14)3/h7-9,12-13,17H,6H2,1-5H3,(H,16,18). The summed E-state index contributed by atoms with van der Waals surface area (Å²) in [5.74, 6) is 0.0501. The molecule has 1 aromatic rings. The molecule has 0 saturated carbocycles. The number of aryl methyl sites for hydroxylation is 2. The van der Waals surface area contributed by atoms with Gasteiger partial charge in [0, 0.05) is 12.6 Å². The van der Waals surface area contributed by atoms with Crippen LogP contribution in [-0.4, -0.2) is 18.5 Å². The minimum absolute atomic E-state index is 0.0501. The van der Waals surface area contributed by atoms with E-state index in [4.69, 9.17) is 0 Å². The third-order valence-electron chi connectivity index (χ3n) is 3.14. The molecule has 3 heteroatoms. The molecule has 0 aliphatic heterocycles. The molecule has 2 N–H and O–H groups in total. The van der Waals surface area contributed by atoms with Crippen LogP contribution in [0.4, 0.5) is 0 Å². The molecule has 0 fully saturated rings. The average molecular weight is 248 g/mol. The Morgan fingerprint density at radius 3 is 2.50 bits per heavy atom. The topological polar surface area (TPSA) is 41.1 Å². The highest BCUT2D eigenvalue weighted by Gasteiger charge is 2.16. The van der Waals surface area contributed by atoms with Crippen molar-refractivity contribution >= 4 is 5.91 Å². The molecule has 18 heavy (non-hydrogen) atoms. The summed E-state index contributed by atoms with van der Waals surface area (Å²) in [7, 11) is 0. The van der Waals surface area contributed by atoms with Gasteiger partial charge in [0.25, 0.3) is 0 Å². The number of benzene rings is 1. The molecule has 1 aromatic carbocycles. The number of carbonyl (C=O) groups excluding carboxylic acids is 1. The van der Waals surface area contributed by atoms with Crippen molar-refractivity contribution in [3.05, 3.63) is 34.9 Å². The fourth-order valence-corrected chi connectivity index (χ4v) is 2.18. The molecule has 2 atom stereocenters. The molecule has 0 bridgehead atoms. The SMILES string of the molecule is CCNC(=O)C(C)NC(C)c1ccc(C)cc1C. The van der Waals surface area contributed by atoms with Gasteiger partial charge in [-0.1, -0.05) is 23.8 Å². The Balaban J connectivity index is 2.70. The third-order valence-corrected chi connectivity index (χ3v) is 3.14. The van der Waals surface area contributed by atoms with E-state index in [1.807, 2.05) is 13.8 Å². The predicted octanol–water partition coefficient (Wildman–Crippen LogP) is 2.48. The average Bonchev–Trinajstić information content (AvgIpc) is 2.28. The van der Waals surface area contributed by atoms with Crippen molar-refractivity contribution < 1.29 is 4.79 Å². The second kappa shape index (κ2) is 6.55. The molecule has 0 aliphatic carbocycles. The van der Waals surface area contributed by atoms with Crippen LogP contribution >= 0.6 is 0 Å². The first-order chi connectivity index (χ1) is 8.45. The number of likely N-dealkylation sites (N-methyl/N-ethyl adjacent to an activating group) is 1.